The van der Waals surface area contributed by atoms with Gasteiger partial charge in [-0.25, -0.2) is 0 Å². The predicted octanol–water partition coefficient (Wildman–Crippen LogP) is 7.29. The second-order valence-electron chi connectivity index (χ2n) is 7.31. The van der Waals surface area contributed by atoms with E-state index in [-0.39, 0.29) is 0 Å². The quantitative estimate of drug-likeness (QED) is 0.214. The van der Waals surface area contributed by atoms with Crippen molar-refractivity contribution in [3.63, 3.8) is 0 Å². The molecular weight excluding hydrogens is 304 g/mol. The van der Waals surface area contributed by atoms with Crippen LogP contribution in [-0.2, 0) is 0 Å². The van der Waals surface area contributed by atoms with E-state index >= 15 is 0 Å². The van der Waals surface area contributed by atoms with Crippen LogP contribution < -0.4 is 0 Å². The molecule has 140 valence electrons. The molecule has 0 N–H and O–H groups in total. The second-order valence-corrected chi connectivity index (χ2v) is 7.31. The van der Waals surface area contributed by atoms with Gasteiger partial charge in [0.05, 0.1) is 11.4 Å². The van der Waals surface area contributed by atoms with Gasteiger partial charge in [-0.05, 0) is 69.4 Å². The number of rotatable bonds is 11. The van der Waals surface area contributed by atoms with Crippen molar-refractivity contribution in [2.75, 3.05) is 0 Å². The van der Waals surface area contributed by atoms with Crippen molar-refractivity contribution >= 4 is 11.4 Å². The van der Waals surface area contributed by atoms with Gasteiger partial charge in [0.15, 0.2) is 0 Å². The molecule has 0 aliphatic heterocycles. The molecule has 0 heterocycles. The average molecular weight is 343 g/mol. The number of hydrogen-bond donors (Lipinski definition) is 0. The minimum Gasteiger partial charge on any atom is -0.259 e. The normalized spacial score (nSPS) is 18.5. The molecule has 1 saturated carbocycles. The fraction of sp³-hybridized carbons (Fsp3) is 0.652. The molecular formula is C23H38N2. The molecule has 25 heavy (non-hydrogen) atoms. The molecule has 2 nitrogen and oxygen atoms in total. The third-order valence-corrected chi connectivity index (χ3v) is 5.27. The van der Waals surface area contributed by atoms with Crippen molar-refractivity contribution in [1.82, 2.24) is 0 Å². The predicted molar refractivity (Wildman–Crippen MR) is 114 cm³/mol. The molecule has 0 bridgehead atoms. The molecule has 1 aliphatic rings. The smallest absolute Gasteiger partial charge is 0.0846 e. The zero-order valence-corrected chi connectivity index (χ0v) is 17.1. The summed E-state index contributed by atoms with van der Waals surface area (Å²) in [4.78, 5) is 9.74. The van der Waals surface area contributed by atoms with Crippen LogP contribution in [0.4, 0.5) is 0 Å². The first-order valence-corrected chi connectivity index (χ1v) is 10.2. The minimum absolute atomic E-state index is 0.499. The third kappa shape index (κ3) is 7.54. The number of aliphatic imine (C=N–C) groups is 2. The number of hydrogen-bond acceptors (Lipinski definition) is 2. The zero-order valence-electron chi connectivity index (χ0n) is 17.1. The summed E-state index contributed by atoms with van der Waals surface area (Å²) in [7, 11) is 0. The van der Waals surface area contributed by atoms with Crippen LogP contribution in [0.2, 0.25) is 0 Å². The van der Waals surface area contributed by atoms with Crippen molar-refractivity contribution in [2.45, 2.75) is 86.0 Å². The van der Waals surface area contributed by atoms with Gasteiger partial charge in [-0.3, -0.25) is 9.98 Å². The van der Waals surface area contributed by atoms with Crippen molar-refractivity contribution in [2.24, 2.45) is 21.8 Å². The van der Waals surface area contributed by atoms with Crippen LogP contribution in [0.3, 0.4) is 0 Å². The van der Waals surface area contributed by atoms with Crippen molar-refractivity contribution in [3.8, 4) is 0 Å². The summed E-state index contributed by atoms with van der Waals surface area (Å²) in [5.74, 6) is 1.15. The lowest BCUT2D eigenvalue weighted by Gasteiger charge is -2.26. The van der Waals surface area contributed by atoms with E-state index in [0.717, 1.165) is 30.7 Å². The van der Waals surface area contributed by atoms with Gasteiger partial charge in [0.25, 0.3) is 0 Å². The summed E-state index contributed by atoms with van der Waals surface area (Å²) in [6.07, 6.45) is 15.7. The average Bonchev–Trinajstić information content (AvgIpc) is 2.54. The molecule has 0 saturated heterocycles. The Bertz CT molecular complexity index is 530. The number of unbranched alkanes of at least 4 members (excludes halogenated alkanes) is 2. The van der Waals surface area contributed by atoms with E-state index in [0.29, 0.717) is 11.8 Å². The second kappa shape index (κ2) is 12.0. The standard InChI is InChI=1S/C23H38N2/c1-7-10-11-15-22(24-16-8-2)23(25-20(6)18(4)9-3)17-19(5)21-13-12-14-21/h8,16-18,21H,5,7,9-15H2,1-4,6H3/b16-8-,23-17-,24-22+,25-20-. The largest absolute Gasteiger partial charge is 0.259 e. The Hall–Kier alpha value is -1.44. The molecule has 0 amide bonds. The summed E-state index contributed by atoms with van der Waals surface area (Å²) < 4.78 is 0. The highest BCUT2D eigenvalue weighted by Crippen LogP contribution is 2.33. The lowest BCUT2D eigenvalue weighted by Crippen LogP contribution is -2.14. The summed E-state index contributed by atoms with van der Waals surface area (Å²) in [6, 6.07) is 0. The fourth-order valence-corrected chi connectivity index (χ4v) is 2.81. The monoisotopic (exact) mass is 342 g/mol. The van der Waals surface area contributed by atoms with Crippen LogP contribution in [0.5, 0.6) is 0 Å². The van der Waals surface area contributed by atoms with Crippen LogP contribution in [0.15, 0.2) is 46.2 Å². The summed E-state index contributed by atoms with van der Waals surface area (Å²) in [5, 5.41) is 0. The van der Waals surface area contributed by atoms with Crippen LogP contribution in [0, 0.1) is 11.8 Å². The molecule has 1 fully saturated rings. The van der Waals surface area contributed by atoms with Crippen LogP contribution in [-0.4, -0.2) is 11.4 Å². The van der Waals surface area contributed by atoms with E-state index in [1.54, 1.807) is 0 Å². The topological polar surface area (TPSA) is 24.7 Å². The molecule has 0 aromatic rings. The van der Waals surface area contributed by atoms with Crippen molar-refractivity contribution in [3.05, 3.63) is 36.2 Å². The van der Waals surface area contributed by atoms with E-state index in [1.165, 1.54) is 43.4 Å². The maximum atomic E-state index is 5.01. The third-order valence-electron chi connectivity index (χ3n) is 5.27. The first-order chi connectivity index (χ1) is 12.0. The van der Waals surface area contributed by atoms with Gasteiger partial charge in [0, 0.05) is 11.9 Å². The lowest BCUT2D eigenvalue weighted by atomic mass is 9.80. The summed E-state index contributed by atoms with van der Waals surface area (Å²) >= 11 is 0. The van der Waals surface area contributed by atoms with Gasteiger partial charge in [-0.15, -0.1) is 0 Å². The Labute approximate surface area is 155 Å². The molecule has 0 spiro atoms. The molecule has 0 aromatic heterocycles. The highest BCUT2D eigenvalue weighted by Gasteiger charge is 2.20. The van der Waals surface area contributed by atoms with Crippen LogP contribution >= 0.6 is 0 Å². The number of nitrogens with zero attached hydrogens (tertiary/aromatic N) is 2. The van der Waals surface area contributed by atoms with Crippen LogP contribution in [0.25, 0.3) is 0 Å². The number of allylic oxidation sites excluding steroid dienone is 4. The van der Waals surface area contributed by atoms with Gasteiger partial charge >= 0.3 is 0 Å². The SMILES string of the molecule is C=C(/C=C(\N=C(\C)C(C)CC)C(/CCCCC)=N/C=C\C)C1CCC1. The van der Waals surface area contributed by atoms with E-state index < -0.39 is 0 Å². The highest BCUT2D eigenvalue weighted by atomic mass is 14.8. The van der Waals surface area contributed by atoms with E-state index in [1.807, 2.05) is 19.2 Å². The minimum atomic E-state index is 0.499. The summed E-state index contributed by atoms with van der Waals surface area (Å²) in [5.41, 5.74) is 4.56. The molecule has 0 radical (unpaired) electrons. The Morgan fingerprint density at radius 1 is 1.24 bits per heavy atom. The van der Waals surface area contributed by atoms with E-state index in [2.05, 4.69) is 40.3 Å². The maximum absolute atomic E-state index is 5.01. The van der Waals surface area contributed by atoms with Gasteiger partial charge in [-0.2, -0.15) is 0 Å². The van der Waals surface area contributed by atoms with Crippen molar-refractivity contribution < 1.29 is 0 Å². The zero-order chi connectivity index (χ0) is 18.7. The maximum Gasteiger partial charge on any atom is 0.0846 e. The molecule has 1 atom stereocenters. The Morgan fingerprint density at radius 3 is 2.48 bits per heavy atom. The first-order valence-electron chi connectivity index (χ1n) is 10.2. The Morgan fingerprint density at radius 2 is 1.96 bits per heavy atom. The Balaban J connectivity index is 3.14. The van der Waals surface area contributed by atoms with Gasteiger partial charge in [-0.1, -0.05) is 52.7 Å². The Kier molecular flexibility index (Phi) is 10.4. The fourth-order valence-electron chi connectivity index (χ4n) is 2.81. The van der Waals surface area contributed by atoms with Crippen molar-refractivity contribution in [1.29, 1.82) is 0 Å². The van der Waals surface area contributed by atoms with Crippen LogP contribution in [0.1, 0.15) is 86.0 Å². The van der Waals surface area contributed by atoms with E-state index in [9.17, 15) is 0 Å². The summed E-state index contributed by atoms with van der Waals surface area (Å²) in [6.45, 7) is 15.2. The molecule has 1 aliphatic carbocycles. The molecule has 2 heteroatoms. The highest BCUT2D eigenvalue weighted by molar-refractivity contribution is 6.03. The lowest BCUT2D eigenvalue weighted by molar-refractivity contribution is 0.375. The molecule has 0 aromatic carbocycles. The van der Waals surface area contributed by atoms with E-state index in [4.69, 9.17) is 9.98 Å². The first kappa shape index (κ1) is 21.6. The molecule has 1 rings (SSSR count). The van der Waals surface area contributed by atoms with Gasteiger partial charge in [0.1, 0.15) is 0 Å². The van der Waals surface area contributed by atoms with Gasteiger partial charge in [0.2, 0.25) is 0 Å². The van der Waals surface area contributed by atoms with Gasteiger partial charge < -0.3 is 0 Å². The molecule has 1 unspecified atom stereocenters.